The lowest BCUT2D eigenvalue weighted by molar-refractivity contribution is 0.175. The fourth-order valence-electron chi connectivity index (χ4n) is 1.80. The number of hydrogen-bond donors (Lipinski definition) is 1. The molecule has 1 unspecified atom stereocenters. The third kappa shape index (κ3) is 3.80. The minimum atomic E-state index is -0.439. The van der Waals surface area contributed by atoms with Gasteiger partial charge in [0.25, 0.3) is 0 Å². The topological polar surface area (TPSA) is 33.1 Å². The van der Waals surface area contributed by atoms with Gasteiger partial charge in [0, 0.05) is 28.3 Å². The van der Waals surface area contributed by atoms with Crippen LogP contribution in [0.25, 0.3) is 0 Å². The van der Waals surface area contributed by atoms with E-state index in [1.807, 2.05) is 30.3 Å². The average molecular weight is 327 g/mol. The molecule has 0 bridgehead atoms. The van der Waals surface area contributed by atoms with Crippen LogP contribution < -0.4 is 0 Å². The largest absolute Gasteiger partial charge is 0.392 e. The van der Waals surface area contributed by atoms with Crippen molar-refractivity contribution in [3.63, 3.8) is 0 Å². The van der Waals surface area contributed by atoms with Gasteiger partial charge in [-0.3, -0.25) is 4.98 Å². The lowest BCUT2D eigenvalue weighted by Crippen LogP contribution is -2.14. The molecule has 0 aliphatic carbocycles. The van der Waals surface area contributed by atoms with Crippen LogP contribution in [0.4, 0.5) is 0 Å². The molecular weight excluding hydrogens is 314 g/mol. The highest BCUT2D eigenvalue weighted by Crippen LogP contribution is 2.23. The molecule has 1 atom stereocenters. The van der Waals surface area contributed by atoms with E-state index in [0.29, 0.717) is 17.9 Å². The standard InChI is InChI=1S/C14H13BrClNO/c15-12-2-1-11(14(16)9-12)8-13(18)7-10-3-5-17-6-4-10/h1-6,9,13,18H,7-8H2. The number of aliphatic hydroxyl groups is 1. The smallest absolute Gasteiger partial charge is 0.0621 e. The molecule has 1 aromatic heterocycles. The predicted octanol–water partition coefficient (Wildman–Crippen LogP) is 3.64. The third-order valence-electron chi connectivity index (χ3n) is 2.69. The van der Waals surface area contributed by atoms with E-state index < -0.39 is 6.10 Å². The number of aromatic nitrogens is 1. The maximum atomic E-state index is 10.1. The van der Waals surface area contributed by atoms with Crippen LogP contribution in [0.5, 0.6) is 0 Å². The number of rotatable bonds is 4. The number of halogens is 2. The molecule has 1 heterocycles. The molecule has 2 aromatic rings. The summed E-state index contributed by atoms with van der Waals surface area (Å²) in [5.41, 5.74) is 2.03. The van der Waals surface area contributed by atoms with Crippen molar-refractivity contribution in [3.05, 3.63) is 63.3 Å². The second-order valence-electron chi connectivity index (χ2n) is 4.15. The molecule has 4 heteroatoms. The summed E-state index contributed by atoms with van der Waals surface area (Å²) in [5.74, 6) is 0. The molecule has 2 nitrogen and oxygen atoms in total. The van der Waals surface area contributed by atoms with Crippen molar-refractivity contribution in [2.24, 2.45) is 0 Å². The third-order valence-corrected chi connectivity index (χ3v) is 3.54. The second kappa shape index (κ2) is 6.32. The van der Waals surface area contributed by atoms with Crippen molar-refractivity contribution >= 4 is 27.5 Å². The molecule has 0 spiro atoms. The lowest BCUT2D eigenvalue weighted by Gasteiger charge is -2.12. The van der Waals surface area contributed by atoms with Gasteiger partial charge < -0.3 is 5.11 Å². The first-order valence-electron chi connectivity index (χ1n) is 5.66. The van der Waals surface area contributed by atoms with Gasteiger partial charge in [0.2, 0.25) is 0 Å². The summed E-state index contributed by atoms with van der Waals surface area (Å²) in [6.45, 7) is 0. The molecule has 0 saturated carbocycles. The summed E-state index contributed by atoms with van der Waals surface area (Å²) in [5, 5.41) is 10.7. The Morgan fingerprint density at radius 1 is 1.17 bits per heavy atom. The van der Waals surface area contributed by atoms with E-state index in [2.05, 4.69) is 20.9 Å². The molecule has 94 valence electrons. The molecule has 0 fully saturated rings. The Labute approximate surface area is 120 Å². The number of nitrogens with zero attached hydrogens (tertiary/aromatic N) is 1. The Morgan fingerprint density at radius 2 is 1.89 bits per heavy atom. The number of hydrogen-bond acceptors (Lipinski definition) is 2. The van der Waals surface area contributed by atoms with Crippen LogP contribution in [0.3, 0.4) is 0 Å². The van der Waals surface area contributed by atoms with Gasteiger partial charge >= 0.3 is 0 Å². The Bertz CT molecular complexity index is 518. The van der Waals surface area contributed by atoms with Crippen LogP contribution >= 0.6 is 27.5 Å². The molecule has 0 aliphatic rings. The highest BCUT2D eigenvalue weighted by molar-refractivity contribution is 9.10. The molecule has 0 aliphatic heterocycles. The second-order valence-corrected chi connectivity index (χ2v) is 5.48. The summed E-state index contributed by atoms with van der Waals surface area (Å²) in [4.78, 5) is 3.95. The minimum Gasteiger partial charge on any atom is -0.392 e. The Balaban J connectivity index is 2.01. The molecular formula is C14H13BrClNO. The first kappa shape index (κ1) is 13.5. The highest BCUT2D eigenvalue weighted by atomic mass is 79.9. The van der Waals surface area contributed by atoms with Gasteiger partial charge in [0.15, 0.2) is 0 Å². The van der Waals surface area contributed by atoms with Gasteiger partial charge in [0.05, 0.1) is 6.10 Å². The van der Waals surface area contributed by atoms with Crippen LogP contribution in [0.1, 0.15) is 11.1 Å². The molecule has 18 heavy (non-hydrogen) atoms. The van der Waals surface area contributed by atoms with E-state index in [-0.39, 0.29) is 0 Å². The van der Waals surface area contributed by atoms with E-state index in [4.69, 9.17) is 11.6 Å². The maximum absolute atomic E-state index is 10.1. The van der Waals surface area contributed by atoms with Gasteiger partial charge in [-0.1, -0.05) is 33.6 Å². The van der Waals surface area contributed by atoms with E-state index >= 15 is 0 Å². The van der Waals surface area contributed by atoms with Crippen molar-refractivity contribution in [2.45, 2.75) is 18.9 Å². The van der Waals surface area contributed by atoms with Crippen LogP contribution in [0.15, 0.2) is 47.2 Å². The molecule has 0 amide bonds. The first-order chi connectivity index (χ1) is 8.65. The SMILES string of the molecule is OC(Cc1ccncc1)Cc1ccc(Br)cc1Cl. The van der Waals surface area contributed by atoms with Crippen molar-refractivity contribution in [1.82, 2.24) is 4.98 Å². The Hall–Kier alpha value is -0.900. The van der Waals surface area contributed by atoms with E-state index in [0.717, 1.165) is 15.6 Å². The summed E-state index contributed by atoms with van der Waals surface area (Å²) in [7, 11) is 0. The maximum Gasteiger partial charge on any atom is 0.0621 e. The van der Waals surface area contributed by atoms with E-state index in [1.165, 1.54) is 0 Å². The Morgan fingerprint density at radius 3 is 2.56 bits per heavy atom. The van der Waals surface area contributed by atoms with Gasteiger partial charge in [-0.2, -0.15) is 0 Å². The number of aliphatic hydroxyl groups excluding tert-OH is 1. The van der Waals surface area contributed by atoms with Crippen LogP contribution in [-0.2, 0) is 12.8 Å². The summed E-state index contributed by atoms with van der Waals surface area (Å²) in [6.07, 6.45) is 4.18. The normalized spacial score (nSPS) is 12.4. The Kier molecular flexibility index (Phi) is 4.75. The summed E-state index contributed by atoms with van der Waals surface area (Å²) < 4.78 is 0.944. The van der Waals surface area contributed by atoms with Crippen LogP contribution in [0, 0.1) is 0 Å². The van der Waals surface area contributed by atoms with Crippen LogP contribution in [0.2, 0.25) is 5.02 Å². The summed E-state index contributed by atoms with van der Waals surface area (Å²) >= 11 is 9.49. The summed E-state index contributed by atoms with van der Waals surface area (Å²) in [6, 6.07) is 9.53. The average Bonchev–Trinajstić information content (AvgIpc) is 2.34. The molecule has 0 radical (unpaired) electrons. The van der Waals surface area contributed by atoms with E-state index in [9.17, 15) is 5.11 Å². The minimum absolute atomic E-state index is 0.439. The quantitative estimate of drug-likeness (QED) is 0.930. The van der Waals surface area contributed by atoms with Crippen LogP contribution in [-0.4, -0.2) is 16.2 Å². The molecule has 1 aromatic carbocycles. The monoisotopic (exact) mass is 325 g/mol. The molecule has 1 N–H and O–H groups in total. The zero-order valence-electron chi connectivity index (χ0n) is 9.68. The van der Waals surface area contributed by atoms with Crippen molar-refractivity contribution in [2.75, 3.05) is 0 Å². The van der Waals surface area contributed by atoms with Gasteiger partial charge in [-0.05, 0) is 41.8 Å². The number of pyridine rings is 1. The zero-order chi connectivity index (χ0) is 13.0. The fraction of sp³-hybridized carbons (Fsp3) is 0.214. The lowest BCUT2D eigenvalue weighted by atomic mass is 10.0. The first-order valence-corrected chi connectivity index (χ1v) is 6.83. The number of benzene rings is 1. The van der Waals surface area contributed by atoms with Gasteiger partial charge in [-0.25, -0.2) is 0 Å². The van der Waals surface area contributed by atoms with Gasteiger partial charge in [-0.15, -0.1) is 0 Å². The van der Waals surface area contributed by atoms with Crippen molar-refractivity contribution in [3.8, 4) is 0 Å². The van der Waals surface area contributed by atoms with Crippen molar-refractivity contribution in [1.29, 1.82) is 0 Å². The highest BCUT2D eigenvalue weighted by Gasteiger charge is 2.09. The molecule has 0 saturated heterocycles. The van der Waals surface area contributed by atoms with Crippen molar-refractivity contribution < 1.29 is 5.11 Å². The van der Waals surface area contributed by atoms with Gasteiger partial charge in [0.1, 0.15) is 0 Å². The van der Waals surface area contributed by atoms with E-state index in [1.54, 1.807) is 12.4 Å². The predicted molar refractivity (Wildman–Crippen MR) is 76.8 cm³/mol. The molecule has 2 rings (SSSR count). The zero-order valence-corrected chi connectivity index (χ0v) is 12.0. The fourth-order valence-corrected chi connectivity index (χ4v) is 2.55.